The summed E-state index contributed by atoms with van der Waals surface area (Å²) in [4.78, 5) is 23.3. The Morgan fingerprint density at radius 3 is 2.19 bits per heavy atom. The maximum Gasteiger partial charge on any atom is 0.308 e. The molecule has 1 fully saturated rings. The van der Waals surface area contributed by atoms with Gasteiger partial charge >= 0.3 is 5.97 Å². The van der Waals surface area contributed by atoms with Crippen LogP contribution in [0.25, 0.3) is 0 Å². The molecule has 0 saturated heterocycles. The number of hydrogen-bond donors (Lipinski definition) is 2. The lowest BCUT2D eigenvalue weighted by molar-refractivity contribution is -0.142. The number of aliphatic carboxylic acids is 1. The number of rotatable bonds is 6. The molecule has 0 aromatic heterocycles. The van der Waals surface area contributed by atoms with Crippen LogP contribution in [0.15, 0.2) is 0 Å². The van der Waals surface area contributed by atoms with E-state index in [4.69, 9.17) is 5.11 Å². The van der Waals surface area contributed by atoms with Gasteiger partial charge in [0.2, 0.25) is 5.91 Å². The van der Waals surface area contributed by atoms with Crippen molar-refractivity contribution >= 4 is 11.9 Å². The van der Waals surface area contributed by atoms with Gasteiger partial charge in [-0.3, -0.25) is 9.59 Å². The van der Waals surface area contributed by atoms with Gasteiger partial charge in [-0.05, 0) is 43.4 Å². The first-order valence-electron chi connectivity index (χ1n) is 8.26. The molecule has 0 heterocycles. The molecule has 2 N–H and O–H groups in total. The average molecular weight is 297 g/mol. The van der Waals surface area contributed by atoms with E-state index in [1.807, 2.05) is 6.92 Å². The molecule has 1 amide bonds. The molecule has 4 nitrogen and oxygen atoms in total. The number of carboxylic acids is 1. The molecule has 0 spiro atoms. The highest BCUT2D eigenvalue weighted by Crippen LogP contribution is 2.39. The quantitative estimate of drug-likeness (QED) is 0.789. The molecule has 0 aliphatic heterocycles. The van der Waals surface area contributed by atoms with Crippen molar-refractivity contribution in [3.63, 3.8) is 0 Å². The Morgan fingerprint density at radius 2 is 1.76 bits per heavy atom. The first-order chi connectivity index (χ1) is 9.75. The maximum atomic E-state index is 12.2. The normalized spacial score (nSPS) is 24.4. The summed E-state index contributed by atoms with van der Waals surface area (Å²) < 4.78 is 0. The number of carbonyl (C=O) groups excluding carboxylic acids is 1. The van der Waals surface area contributed by atoms with Gasteiger partial charge in [-0.1, -0.05) is 34.1 Å². The van der Waals surface area contributed by atoms with Gasteiger partial charge in [0.1, 0.15) is 0 Å². The van der Waals surface area contributed by atoms with Crippen LogP contribution in [0.5, 0.6) is 0 Å². The standard InChI is InChI=1S/C17H31NO3/c1-5-6-13(16(20)21)11-18-15(19)12-7-9-14(10-8-12)17(2,3)4/h12-14H,5-11H2,1-4H3,(H,18,19)(H,20,21). The molecule has 1 aliphatic rings. The summed E-state index contributed by atoms with van der Waals surface area (Å²) in [6.07, 6.45) is 5.49. The van der Waals surface area contributed by atoms with Crippen molar-refractivity contribution in [2.24, 2.45) is 23.2 Å². The highest BCUT2D eigenvalue weighted by atomic mass is 16.4. The zero-order valence-corrected chi connectivity index (χ0v) is 13.9. The first-order valence-corrected chi connectivity index (χ1v) is 8.26. The van der Waals surface area contributed by atoms with Crippen LogP contribution in [0.2, 0.25) is 0 Å². The number of carbonyl (C=O) groups is 2. The van der Waals surface area contributed by atoms with E-state index < -0.39 is 11.9 Å². The van der Waals surface area contributed by atoms with E-state index >= 15 is 0 Å². The van der Waals surface area contributed by atoms with E-state index in [1.54, 1.807) is 0 Å². The fraction of sp³-hybridized carbons (Fsp3) is 0.882. The lowest BCUT2D eigenvalue weighted by Crippen LogP contribution is -2.39. The molecule has 1 rings (SSSR count). The Labute approximate surface area is 128 Å². The van der Waals surface area contributed by atoms with Crippen molar-refractivity contribution in [2.75, 3.05) is 6.54 Å². The molecule has 21 heavy (non-hydrogen) atoms. The third-order valence-corrected chi connectivity index (χ3v) is 4.83. The zero-order valence-electron chi connectivity index (χ0n) is 13.9. The molecule has 1 unspecified atom stereocenters. The highest BCUT2D eigenvalue weighted by molar-refractivity contribution is 5.79. The van der Waals surface area contributed by atoms with Crippen molar-refractivity contribution < 1.29 is 14.7 Å². The van der Waals surface area contributed by atoms with Crippen molar-refractivity contribution in [1.29, 1.82) is 0 Å². The molecule has 1 saturated carbocycles. The zero-order chi connectivity index (χ0) is 16.0. The fourth-order valence-electron chi connectivity index (χ4n) is 3.25. The van der Waals surface area contributed by atoms with Gasteiger partial charge in [0.25, 0.3) is 0 Å². The van der Waals surface area contributed by atoms with Gasteiger partial charge in [-0.25, -0.2) is 0 Å². The van der Waals surface area contributed by atoms with Gasteiger partial charge in [-0.2, -0.15) is 0 Å². The van der Waals surface area contributed by atoms with E-state index in [2.05, 4.69) is 26.1 Å². The van der Waals surface area contributed by atoms with Gasteiger partial charge in [0.05, 0.1) is 5.92 Å². The molecule has 0 aromatic carbocycles. The summed E-state index contributed by atoms with van der Waals surface area (Å²) in [5.41, 5.74) is 0.316. The second-order valence-corrected chi connectivity index (χ2v) is 7.48. The van der Waals surface area contributed by atoms with Crippen molar-refractivity contribution in [3.05, 3.63) is 0 Å². The van der Waals surface area contributed by atoms with Crippen LogP contribution in [0.4, 0.5) is 0 Å². The van der Waals surface area contributed by atoms with E-state index in [0.717, 1.165) is 32.1 Å². The van der Waals surface area contributed by atoms with Crippen LogP contribution in [0.1, 0.15) is 66.2 Å². The topological polar surface area (TPSA) is 66.4 Å². The van der Waals surface area contributed by atoms with Crippen LogP contribution < -0.4 is 5.32 Å². The van der Waals surface area contributed by atoms with Crippen LogP contribution in [-0.2, 0) is 9.59 Å². The number of nitrogens with one attached hydrogen (secondary N) is 1. The Morgan fingerprint density at radius 1 is 1.19 bits per heavy atom. The highest BCUT2D eigenvalue weighted by Gasteiger charge is 2.32. The van der Waals surface area contributed by atoms with Crippen LogP contribution in [0, 0.1) is 23.2 Å². The molecular weight excluding hydrogens is 266 g/mol. The van der Waals surface area contributed by atoms with Crippen molar-refractivity contribution in [3.8, 4) is 0 Å². The SMILES string of the molecule is CCCC(CNC(=O)C1CCC(C(C)(C)C)CC1)C(=O)O. The number of hydrogen-bond acceptors (Lipinski definition) is 2. The Hall–Kier alpha value is -1.06. The minimum absolute atomic E-state index is 0.0460. The summed E-state index contributed by atoms with van der Waals surface area (Å²) in [5.74, 6) is -0.462. The minimum Gasteiger partial charge on any atom is -0.481 e. The fourth-order valence-corrected chi connectivity index (χ4v) is 3.25. The largest absolute Gasteiger partial charge is 0.481 e. The minimum atomic E-state index is -0.811. The molecule has 1 atom stereocenters. The molecule has 4 heteroatoms. The number of carboxylic acid groups (broad SMARTS) is 1. The smallest absolute Gasteiger partial charge is 0.308 e. The summed E-state index contributed by atoms with van der Waals surface area (Å²) in [6.45, 7) is 9.02. The molecule has 122 valence electrons. The van der Waals surface area contributed by atoms with Crippen LogP contribution in [0.3, 0.4) is 0 Å². The molecular formula is C17H31NO3. The van der Waals surface area contributed by atoms with E-state index in [-0.39, 0.29) is 18.4 Å². The summed E-state index contributed by atoms with van der Waals surface area (Å²) in [6, 6.07) is 0. The Balaban J connectivity index is 2.39. The Bertz CT molecular complexity index is 352. The van der Waals surface area contributed by atoms with Gasteiger partial charge in [0, 0.05) is 12.5 Å². The summed E-state index contributed by atoms with van der Waals surface area (Å²) >= 11 is 0. The van der Waals surface area contributed by atoms with Crippen LogP contribution in [-0.4, -0.2) is 23.5 Å². The summed E-state index contributed by atoms with van der Waals surface area (Å²) in [7, 11) is 0. The summed E-state index contributed by atoms with van der Waals surface area (Å²) in [5, 5.41) is 12.0. The van der Waals surface area contributed by atoms with Crippen molar-refractivity contribution in [2.45, 2.75) is 66.2 Å². The predicted molar refractivity (Wildman–Crippen MR) is 83.9 cm³/mol. The molecule has 1 aliphatic carbocycles. The second kappa shape index (κ2) is 7.81. The van der Waals surface area contributed by atoms with Crippen molar-refractivity contribution in [1.82, 2.24) is 5.32 Å². The second-order valence-electron chi connectivity index (χ2n) is 7.48. The monoisotopic (exact) mass is 297 g/mol. The van der Waals surface area contributed by atoms with E-state index in [9.17, 15) is 9.59 Å². The molecule has 0 aromatic rings. The number of amides is 1. The molecule has 0 bridgehead atoms. The lowest BCUT2D eigenvalue weighted by atomic mass is 9.69. The van der Waals surface area contributed by atoms with E-state index in [1.165, 1.54) is 0 Å². The van der Waals surface area contributed by atoms with Gasteiger partial charge in [0.15, 0.2) is 0 Å². The maximum absolute atomic E-state index is 12.2. The lowest BCUT2D eigenvalue weighted by Gasteiger charge is -2.36. The third kappa shape index (κ3) is 5.68. The Kier molecular flexibility index (Phi) is 6.69. The third-order valence-electron chi connectivity index (χ3n) is 4.83. The van der Waals surface area contributed by atoms with Gasteiger partial charge < -0.3 is 10.4 Å². The van der Waals surface area contributed by atoms with E-state index in [0.29, 0.717) is 17.8 Å². The van der Waals surface area contributed by atoms with Gasteiger partial charge in [-0.15, -0.1) is 0 Å². The first kappa shape index (κ1) is 18.0. The average Bonchev–Trinajstić information content (AvgIpc) is 2.42. The molecule has 0 radical (unpaired) electrons. The predicted octanol–water partition coefficient (Wildman–Crippen LogP) is 3.46. The van der Waals surface area contributed by atoms with Crippen LogP contribution >= 0.6 is 0 Å².